The highest BCUT2D eigenvalue weighted by atomic mass is 15.2. The standard InChI is InChI=1S/C10H18N2/c1-3-9-7-12(8-9)10(4-2)5-6-11/h9-10H,3-5,7-8H2,1-2H3. The van der Waals surface area contributed by atoms with E-state index < -0.39 is 0 Å². The van der Waals surface area contributed by atoms with Crippen molar-refractivity contribution in [2.75, 3.05) is 13.1 Å². The van der Waals surface area contributed by atoms with Crippen LogP contribution in [0, 0.1) is 17.2 Å². The van der Waals surface area contributed by atoms with Crippen molar-refractivity contribution in [3.8, 4) is 6.07 Å². The molecule has 0 bridgehead atoms. The molecular formula is C10H18N2. The zero-order valence-electron chi connectivity index (χ0n) is 8.08. The van der Waals surface area contributed by atoms with E-state index in [9.17, 15) is 0 Å². The lowest BCUT2D eigenvalue weighted by Crippen LogP contribution is -2.51. The van der Waals surface area contributed by atoms with Gasteiger partial charge in [-0.15, -0.1) is 0 Å². The van der Waals surface area contributed by atoms with Gasteiger partial charge in [-0.1, -0.05) is 20.3 Å². The number of nitriles is 1. The van der Waals surface area contributed by atoms with E-state index in [1.807, 2.05) is 0 Å². The third-order valence-corrected chi connectivity index (χ3v) is 2.88. The Labute approximate surface area is 75.2 Å². The molecule has 0 spiro atoms. The Balaban J connectivity index is 2.25. The van der Waals surface area contributed by atoms with Crippen LogP contribution in [0.4, 0.5) is 0 Å². The Bertz CT molecular complexity index is 165. The van der Waals surface area contributed by atoms with Gasteiger partial charge in [0.25, 0.3) is 0 Å². The predicted octanol–water partition coefficient (Wildman–Crippen LogP) is 2.02. The molecule has 1 rings (SSSR count). The summed E-state index contributed by atoms with van der Waals surface area (Å²) >= 11 is 0. The van der Waals surface area contributed by atoms with E-state index in [2.05, 4.69) is 24.8 Å². The summed E-state index contributed by atoms with van der Waals surface area (Å²) in [6.45, 7) is 6.85. The van der Waals surface area contributed by atoms with Gasteiger partial charge in [0, 0.05) is 19.1 Å². The maximum atomic E-state index is 8.58. The molecule has 2 heteroatoms. The highest BCUT2D eigenvalue weighted by Gasteiger charge is 2.29. The number of likely N-dealkylation sites (tertiary alicyclic amines) is 1. The van der Waals surface area contributed by atoms with Crippen LogP contribution < -0.4 is 0 Å². The minimum Gasteiger partial charge on any atom is -0.299 e. The lowest BCUT2D eigenvalue weighted by Gasteiger charge is -2.43. The Morgan fingerprint density at radius 2 is 2.17 bits per heavy atom. The second-order valence-corrected chi connectivity index (χ2v) is 3.65. The Hall–Kier alpha value is -0.550. The van der Waals surface area contributed by atoms with Gasteiger partial charge in [0.15, 0.2) is 0 Å². The fourth-order valence-electron chi connectivity index (χ4n) is 1.80. The van der Waals surface area contributed by atoms with Crippen LogP contribution in [0.25, 0.3) is 0 Å². The highest BCUT2D eigenvalue weighted by Crippen LogP contribution is 2.23. The van der Waals surface area contributed by atoms with Crippen LogP contribution in [0.5, 0.6) is 0 Å². The topological polar surface area (TPSA) is 27.0 Å². The van der Waals surface area contributed by atoms with Gasteiger partial charge >= 0.3 is 0 Å². The second kappa shape index (κ2) is 4.47. The van der Waals surface area contributed by atoms with E-state index in [4.69, 9.17) is 5.26 Å². The first kappa shape index (κ1) is 9.54. The Morgan fingerprint density at radius 1 is 1.50 bits per heavy atom. The first-order chi connectivity index (χ1) is 5.81. The summed E-state index contributed by atoms with van der Waals surface area (Å²) in [5.41, 5.74) is 0. The van der Waals surface area contributed by atoms with Gasteiger partial charge in [0.05, 0.1) is 12.5 Å². The maximum absolute atomic E-state index is 8.58. The van der Waals surface area contributed by atoms with Gasteiger partial charge in [0.1, 0.15) is 0 Å². The third-order valence-electron chi connectivity index (χ3n) is 2.88. The molecule has 68 valence electrons. The zero-order valence-corrected chi connectivity index (χ0v) is 8.08. The van der Waals surface area contributed by atoms with E-state index in [0.717, 1.165) is 12.3 Å². The van der Waals surface area contributed by atoms with Crippen LogP contribution in [-0.4, -0.2) is 24.0 Å². The molecule has 1 fully saturated rings. The van der Waals surface area contributed by atoms with Gasteiger partial charge < -0.3 is 0 Å². The molecule has 0 amide bonds. The van der Waals surface area contributed by atoms with Crippen molar-refractivity contribution < 1.29 is 0 Å². The molecule has 0 N–H and O–H groups in total. The molecule has 0 aromatic rings. The predicted molar refractivity (Wildman–Crippen MR) is 49.7 cm³/mol. The van der Waals surface area contributed by atoms with Crippen molar-refractivity contribution in [1.29, 1.82) is 5.26 Å². The summed E-state index contributed by atoms with van der Waals surface area (Å²) in [5.74, 6) is 0.901. The van der Waals surface area contributed by atoms with Crippen molar-refractivity contribution in [3.05, 3.63) is 0 Å². The summed E-state index contributed by atoms with van der Waals surface area (Å²) in [6.07, 6.45) is 3.11. The first-order valence-electron chi connectivity index (χ1n) is 4.92. The molecule has 0 saturated carbocycles. The smallest absolute Gasteiger partial charge is 0.0638 e. The monoisotopic (exact) mass is 166 g/mol. The summed E-state index contributed by atoms with van der Waals surface area (Å²) < 4.78 is 0. The molecule has 1 aliphatic heterocycles. The molecule has 0 radical (unpaired) electrons. The maximum Gasteiger partial charge on any atom is 0.0638 e. The lowest BCUT2D eigenvalue weighted by molar-refractivity contribution is 0.0505. The number of rotatable bonds is 4. The molecule has 1 aliphatic rings. The van der Waals surface area contributed by atoms with Gasteiger partial charge in [-0.25, -0.2) is 0 Å². The molecular weight excluding hydrogens is 148 g/mol. The third kappa shape index (κ3) is 1.98. The molecule has 1 saturated heterocycles. The van der Waals surface area contributed by atoms with Gasteiger partial charge in [0.2, 0.25) is 0 Å². The van der Waals surface area contributed by atoms with Crippen molar-refractivity contribution in [2.45, 2.75) is 39.2 Å². The largest absolute Gasteiger partial charge is 0.299 e. The van der Waals surface area contributed by atoms with Gasteiger partial charge in [-0.2, -0.15) is 5.26 Å². The molecule has 1 unspecified atom stereocenters. The number of hydrogen-bond acceptors (Lipinski definition) is 2. The molecule has 2 nitrogen and oxygen atoms in total. The SMILES string of the molecule is CCC1CN(C(CC)CC#N)C1. The van der Waals surface area contributed by atoms with E-state index in [-0.39, 0.29) is 0 Å². The molecule has 1 heterocycles. The van der Waals surface area contributed by atoms with E-state index in [1.165, 1.54) is 19.5 Å². The minimum atomic E-state index is 0.526. The van der Waals surface area contributed by atoms with Gasteiger partial charge in [-0.3, -0.25) is 4.90 Å². The van der Waals surface area contributed by atoms with Crippen molar-refractivity contribution >= 4 is 0 Å². The number of hydrogen-bond donors (Lipinski definition) is 0. The summed E-state index contributed by atoms with van der Waals surface area (Å²) in [7, 11) is 0. The summed E-state index contributed by atoms with van der Waals surface area (Å²) in [4.78, 5) is 2.44. The lowest BCUT2D eigenvalue weighted by atomic mass is 9.93. The second-order valence-electron chi connectivity index (χ2n) is 3.65. The minimum absolute atomic E-state index is 0.526. The van der Waals surface area contributed by atoms with Crippen LogP contribution in [0.1, 0.15) is 33.1 Å². The van der Waals surface area contributed by atoms with E-state index in [1.54, 1.807) is 0 Å². The quantitative estimate of drug-likeness (QED) is 0.639. The normalized spacial score (nSPS) is 21.4. The fraction of sp³-hybridized carbons (Fsp3) is 0.900. The highest BCUT2D eigenvalue weighted by molar-refractivity contribution is 4.88. The average Bonchev–Trinajstić information content (AvgIpc) is 2.01. The van der Waals surface area contributed by atoms with Crippen molar-refractivity contribution in [2.24, 2.45) is 5.92 Å². The van der Waals surface area contributed by atoms with E-state index in [0.29, 0.717) is 12.5 Å². The fourth-order valence-corrected chi connectivity index (χ4v) is 1.80. The van der Waals surface area contributed by atoms with Crippen LogP contribution >= 0.6 is 0 Å². The van der Waals surface area contributed by atoms with Gasteiger partial charge in [-0.05, 0) is 12.3 Å². The molecule has 12 heavy (non-hydrogen) atoms. The molecule has 1 atom stereocenters. The van der Waals surface area contributed by atoms with Crippen LogP contribution in [0.2, 0.25) is 0 Å². The van der Waals surface area contributed by atoms with Crippen LogP contribution in [0.3, 0.4) is 0 Å². The van der Waals surface area contributed by atoms with Crippen molar-refractivity contribution in [1.82, 2.24) is 4.90 Å². The molecule has 0 aromatic heterocycles. The molecule has 0 aromatic carbocycles. The average molecular weight is 166 g/mol. The Morgan fingerprint density at radius 3 is 2.58 bits per heavy atom. The summed E-state index contributed by atoms with van der Waals surface area (Å²) in [5, 5.41) is 8.58. The zero-order chi connectivity index (χ0) is 8.97. The molecule has 0 aliphatic carbocycles. The van der Waals surface area contributed by atoms with Crippen molar-refractivity contribution in [3.63, 3.8) is 0 Å². The number of nitrogens with zero attached hydrogens (tertiary/aromatic N) is 2. The summed E-state index contributed by atoms with van der Waals surface area (Å²) in [6, 6.07) is 2.78. The van der Waals surface area contributed by atoms with E-state index >= 15 is 0 Å². The van der Waals surface area contributed by atoms with Crippen LogP contribution in [0.15, 0.2) is 0 Å². The first-order valence-corrected chi connectivity index (χ1v) is 4.92. The Kier molecular flexibility index (Phi) is 3.55. The van der Waals surface area contributed by atoms with Crippen LogP contribution in [-0.2, 0) is 0 Å².